The van der Waals surface area contributed by atoms with Crippen molar-refractivity contribution in [1.82, 2.24) is 15.1 Å². The lowest BCUT2D eigenvalue weighted by atomic mass is 10.3. The van der Waals surface area contributed by atoms with Crippen molar-refractivity contribution in [2.75, 3.05) is 11.4 Å². The Labute approximate surface area is 86.7 Å². The Kier molecular flexibility index (Phi) is 1.99. The monoisotopic (exact) mass is 210 g/mol. The van der Waals surface area contributed by atoms with Crippen molar-refractivity contribution in [2.24, 2.45) is 7.05 Å². The fraction of sp³-hybridized carbons (Fsp3) is 0.375. The number of aromatic nitrogens is 2. The maximum absolute atomic E-state index is 11.5. The summed E-state index contributed by atoms with van der Waals surface area (Å²) in [5, 5.41) is 7.44. The Morgan fingerprint density at radius 3 is 2.79 bits per heavy atom. The number of thiocarbonyl (C=S) groups is 1. The van der Waals surface area contributed by atoms with Crippen LogP contribution in [0.5, 0.6) is 0 Å². The Morgan fingerprint density at radius 1 is 1.64 bits per heavy atom. The fourth-order valence-corrected chi connectivity index (χ4v) is 1.75. The van der Waals surface area contributed by atoms with Crippen LogP contribution in [0.15, 0.2) is 6.20 Å². The summed E-state index contributed by atoms with van der Waals surface area (Å²) in [4.78, 5) is 13.0. The molecule has 2 rings (SSSR count). The highest BCUT2D eigenvalue weighted by molar-refractivity contribution is 7.80. The van der Waals surface area contributed by atoms with Gasteiger partial charge in [0.15, 0.2) is 5.11 Å². The normalized spacial score (nSPS) is 16.3. The van der Waals surface area contributed by atoms with Gasteiger partial charge in [0.05, 0.1) is 17.9 Å². The van der Waals surface area contributed by atoms with Crippen LogP contribution in [0, 0.1) is 6.92 Å². The summed E-state index contributed by atoms with van der Waals surface area (Å²) in [5.41, 5.74) is 1.56. The third kappa shape index (κ3) is 1.27. The Bertz CT molecular complexity index is 395. The maximum Gasteiger partial charge on any atom is 0.252 e. The number of amides is 1. The highest BCUT2D eigenvalue weighted by Crippen LogP contribution is 2.20. The van der Waals surface area contributed by atoms with E-state index in [4.69, 9.17) is 12.2 Å². The number of hydrogen-bond donors (Lipinski definition) is 1. The summed E-state index contributed by atoms with van der Waals surface area (Å²) in [6, 6.07) is 0. The zero-order valence-electron chi connectivity index (χ0n) is 7.94. The minimum atomic E-state index is -0.0360. The van der Waals surface area contributed by atoms with Crippen molar-refractivity contribution in [1.29, 1.82) is 0 Å². The van der Waals surface area contributed by atoms with Crippen LogP contribution in [-0.4, -0.2) is 27.3 Å². The van der Waals surface area contributed by atoms with Crippen LogP contribution in [0.1, 0.15) is 5.69 Å². The molecule has 0 atom stereocenters. The molecule has 0 aromatic carbocycles. The summed E-state index contributed by atoms with van der Waals surface area (Å²) in [7, 11) is 1.81. The van der Waals surface area contributed by atoms with Gasteiger partial charge in [0, 0.05) is 13.2 Å². The highest BCUT2D eigenvalue weighted by Gasteiger charge is 2.29. The van der Waals surface area contributed by atoms with Crippen LogP contribution in [0.4, 0.5) is 5.69 Å². The molecule has 1 amide bonds. The smallest absolute Gasteiger partial charge is 0.252 e. The van der Waals surface area contributed by atoms with E-state index in [1.165, 1.54) is 4.90 Å². The number of anilines is 1. The van der Waals surface area contributed by atoms with Gasteiger partial charge in [-0.2, -0.15) is 5.10 Å². The van der Waals surface area contributed by atoms with Gasteiger partial charge in [-0.05, 0) is 19.1 Å². The van der Waals surface area contributed by atoms with Gasteiger partial charge in [-0.3, -0.25) is 14.4 Å². The van der Waals surface area contributed by atoms with Crippen LogP contribution < -0.4 is 10.2 Å². The van der Waals surface area contributed by atoms with Gasteiger partial charge >= 0.3 is 0 Å². The molecule has 1 aromatic rings. The molecule has 74 valence electrons. The van der Waals surface area contributed by atoms with Crippen LogP contribution in [-0.2, 0) is 11.8 Å². The second-order valence-electron chi connectivity index (χ2n) is 3.16. The summed E-state index contributed by atoms with van der Waals surface area (Å²) in [6.45, 7) is 2.12. The second-order valence-corrected chi connectivity index (χ2v) is 3.55. The fourth-order valence-electron chi connectivity index (χ4n) is 1.47. The van der Waals surface area contributed by atoms with Gasteiger partial charge in [-0.15, -0.1) is 0 Å². The summed E-state index contributed by atoms with van der Waals surface area (Å²) in [5.74, 6) is -0.0360. The maximum atomic E-state index is 11.5. The summed E-state index contributed by atoms with van der Waals surface area (Å²) in [6.07, 6.45) is 1.78. The first kappa shape index (κ1) is 9.14. The number of carbonyl (C=O) groups excluding carboxylic acids is 1. The SMILES string of the molecule is Cc1nn(C)cc1N1C(=O)CNC1=S. The highest BCUT2D eigenvalue weighted by atomic mass is 32.1. The lowest BCUT2D eigenvalue weighted by Crippen LogP contribution is -2.30. The van der Waals surface area contributed by atoms with Gasteiger partial charge in [-0.1, -0.05) is 0 Å². The number of aryl methyl sites for hydroxylation is 2. The summed E-state index contributed by atoms with van der Waals surface area (Å²) < 4.78 is 1.67. The van der Waals surface area contributed by atoms with Crippen LogP contribution in [0.2, 0.25) is 0 Å². The molecule has 1 aliphatic rings. The van der Waals surface area contributed by atoms with Crippen molar-refractivity contribution in [3.8, 4) is 0 Å². The number of hydrogen-bond acceptors (Lipinski definition) is 3. The first-order valence-corrected chi connectivity index (χ1v) is 4.61. The van der Waals surface area contributed by atoms with E-state index in [2.05, 4.69) is 10.4 Å². The third-order valence-corrected chi connectivity index (χ3v) is 2.40. The van der Waals surface area contributed by atoms with Gasteiger partial charge in [0.25, 0.3) is 5.91 Å². The van der Waals surface area contributed by atoms with Crippen molar-refractivity contribution in [3.63, 3.8) is 0 Å². The third-order valence-electron chi connectivity index (χ3n) is 2.07. The average molecular weight is 210 g/mol. The molecule has 1 saturated heterocycles. The minimum Gasteiger partial charge on any atom is -0.353 e. The molecule has 0 saturated carbocycles. The molecular formula is C8H10N4OS. The van der Waals surface area contributed by atoms with Crippen LogP contribution in [0.3, 0.4) is 0 Å². The molecule has 1 aliphatic heterocycles. The van der Waals surface area contributed by atoms with Gasteiger partial charge in [0.1, 0.15) is 0 Å². The molecule has 0 unspecified atom stereocenters. The number of nitrogens with one attached hydrogen (secondary N) is 1. The first-order chi connectivity index (χ1) is 6.59. The van der Waals surface area contributed by atoms with E-state index in [-0.39, 0.29) is 12.5 Å². The van der Waals surface area contributed by atoms with Crippen molar-refractivity contribution >= 4 is 28.9 Å². The van der Waals surface area contributed by atoms with Crippen LogP contribution >= 0.6 is 12.2 Å². The molecule has 0 spiro atoms. The van der Waals surface area contributed by atoms with E-state index in [0.717, 1.165) is 11.4 Å². The number of rotatable bonds is 1. The number of nitrogens with zero attached hydrogens (tertiary/aromatic N) is 3. The minimum absolute atomic E-state index is 0.0360. The molecule has 6 heteroatoms. The quantitative estimate of drug-likeness (QED) is 0.660. The first-order valence-electron chi connectivity index (χ1n) is 4.20. The standard InChI is InChI=1S/C8H10N4OS/c1-5-6(4-11(2)10-5)12-7(13)3-9-8(12)14/h4H,3H2,1-2H3,(H,9,14). The molecule has 1 N–H and O–H groups in total. The molecule has 0 radical (unpaired) electrons. The van der Waals surface area contributed by atoms with E-state index in [1.807, 2.05) is 14.0 Å². The summed E-state index contributed by atoms with van der Waals surface area (Å²) >= 11 is 5.03. The number of carbonyl (C=O) groups is 1. The molecule has 5 nitrogen and oxygen atoms in total. The van der Waals surface area contributed by atoms with E-state index in [9.17, 15) is 4.79 Å². The Morgan fingerprint density at radius 2 is 2.36 bits per heavy atom. The van der Waals surface area contributed by atoms with Gasteiger partial charge in [-0.25, -0.2) is 0 Å². The topological polar surface area (TPSA) is 50.2 Å². The van der Waals surface area contributed by atoms with Gasteiger partial charge in [0.2, 0.25) is 0 Å². The largest absolute Gasteiger partial charge is 0.353 e. The molecular weight excluding hydrogens is 200 g/mol. The van der Waals surface area contributed by atoms with E-state index >= 15 is 0 Å². The van der Waals surface area contributed by atoms with E-state index in [0.29, 0.717) is 5.11 Å². The molecule has 0 bridgehead atoms. The van der Waals surface area contributed by atoms with Crippen LogP contribution in [0.25, 0.3) is 0 Å². The van der Waals surface area contributed by atoms with E-state index in [1.54, 1.807) is 10.9 Å². The molecule has 2 heterocycles. The zero-order valence-corrected chi connectivity index (χ0v) is 8.76. The molecule has 0 aliphatic carbocycles. The zero-order chi connectivity index (χ0) is 10.3. The lowest BCUT2D eigenvalue weighted by molar-refractivity contribution is -0.115. The second kappa shape index (κ2) is 3.06. The lowest BCUT2D eigenvalue weighted by Gasteiger charge is -2.12. The van der Waals surface area contributed by atoms with Crippen molar-refractivity contribution in [3.05, 3.63) is 11.9 Å². The van der Waals surface area contributed by atoms with E-state index < -0.39 is 0 Å². The van der Waals surface area contributed by atoms with Crippen molar-refractivity contribution in [2.45, 2.75) is 6.92 Å². The van der Waals surface area contributed by atoms with Crippen molar-refractivity contribution < 1.29 is 4.79 Å². The molecule has 14 heavy (non-hydrogen) atoms. The van der Waals surface area contributed by atoms with Gasteiger partial charge < -0.3 is 5.32 Å². The molecule has 1 fully saturated rings. The molecule has 1 aromatic heterocycles. The average Bonchev–Trinajstić information content (AvgIpc) is 2.57. The Hall–Kier alpha value is -1.43. The predicted octanol–water partition coefficient (Wildman–Crippen LogP) is -0.0504. The Balaban J connectivity index is 2.43. The predicted molar refractivity (Wildman–Crippen MR) is 56.0 cm³/mol.